The number of benzene rings is 1. The zero-order valence-electron chi connectivity index (χ0n) is 21.0. The number of rotatable bonds is 7. The molecule has 188 valence electrons. The number of hydrogen-bond acceptors (Lipinski definition) is 8. The van der Waals surface area contributed by atoms with Crippen LogP contribution in [0.4, 0.5) is 4.79 Å². The average molecular weight is 510 g/mol. The molecule has 1 saturated heterocycles. The molecule has 0 radical (unpaired) electrons. The van der Waals surface area contributed by atoms with Gasteiger partial charge in [0.05, 0.1) is 18.3 Å². The van der Waals surface area contributed by atoms with Crippen molar-refractivity contribution in [2.75, 3.05) is 13.2 Å². The fraction of sp³-hybridized carbons (Fsp3) is 0.636. The van der Waals surface area contributed by atoms with Crippen molar-refractivity contribution < 1.29 is 22.4 Å². The van der Waals surface area contributed by atoms with E-state index in [4.69, 9.17) is 9.16 Å². The molecule has 1 amide bonds. The Hall–Kier alpha value is -2.31. The largest absolute Gasteiger partial charge is 0.449 e. The molecule has 0 N–H and O–H groups in total. The number of hydrogen-bond donors (Lipinski definition) is 0. The van der Waals surface area contributed by atoms with Crippen molar-refractivity contribution in [3.05, 3.63) is 30.3 Å². The van der Waals surface area contributed by atoms with Crippen molar-refractivity contribution in [1.82, 2.24) is 25.1 Å². The molecule has 0 aliphatic carbocycles. The van der Waals surface area contributed by atoms with E-state index in [0.29, 0.717) is 12.1 Å². The standard InChI is InChI=1S/C22H35N5O5SSi/c1-8-16-31-20(28)26-15-14-22(17(26)2,32-34(6,7)21(3,4)5)33(29,30)19-23-24-25-27(19)18-12-10-9-11-13-18/h9-13,17H,8,14-16H2,1-7H3. The van der Waals surface area contributed by atoms with E-state index in [-0.39, 0.29) is 29.8 Å². The van der Waals surface area contributed by atoms with Gasteiger partial charge >= 0.3 is 6.09 Å². The molecule has 12 heteroatoms. The Morgan fingerprint density at radius 2 is 1.88 bits per heavy atom. The van der Waals surface area contributed by atoms with Gasteiger partial charge < -0.3 is 14.1 Å². The fourth-order valence-corrected chi connectivity index (χ4v) is 8.07. The van der Waals surface area contributed by atoms with Crippen molar-refractivity contribution in [2.24, 2.45) is 0 Å². The molecule has 0 saturated carbocycles. The highest BCUT2D eigenvalue weighted by molar-refractivity contribution is 7.92. The second-order valence-corrected chi connectivity index (χ2v) is 16.9. The van der Waals surface area contributed by atoms with Gasteiger partial charge in [-0.1, -0.05) is 51.0 Å². The molecule has 0 bridgehead atoms. The van der Waals surface area contributed by atoms with E-state index in [1.165, 1.54) is 9.58 Å². The van der Waals surface area contributed by atoms with Crippen LogP contribution in [-0.4, -0.2) is 72.1 Å². The summed E-state index contributed by atoms with van der Waals surface area (Å²) in [5.41, 5.74) is 0.512. The predicted octanol–water partition coefficient (Wildman–Crippen LogP) is 3.79. The summed E-state index contributed by atoms with van der Waals surface area (Å²) in [6.07, 6.45) is 0.211. The third-order valence-corrected chi connectivity index (χ3v) is 13.7. The van der Waals surface area contributed by atoms with Gasteiger partial charge in [-0.3, -0.25) is 0 Å². The molecule has 1 fully saturated rings. The molecule has 1 aromatic heterocycles. The Labute approximate surface area is 202 Å². The van der Waals surface area contributed by atoms with Gasteiger partial charge in [0.1, 0.15) is 0 Å². The number of nitrogens with zero attached hydrogens (tertiary/aromatic N) is 5. The lowest BCUT2D eigenvalue weighted by atomic mass is 10.2. The molecule has 3 rings (SSSR count). The van der Waals surface area contributed by atoms with E-state index in [1.54, 1.807) is 31.2 Å². The van der Waals surface area contributed by atoms with Crippen LogP contribution in [0.3, 0.4) is 0 Å². The van der Waals surface area contributed by atoms with Crippen molar-refractivity contribution in [2.45, 2.75) is 81.7 Å². The first-order valence-electron chi connectivity index (χ1n) is 11.5. The normalized spacial score (nSPS) is 21.6. The first kappa shape index (κ1) is 26.3. The minimum atomic E-state index is -4.28. The number of amides is 1. The monoisotopic (exact) mass is 509 g/mol. The summed E-state index contributed by atoms with van der Waals surface area (Å²) in [5.74, 6) is 0. The van der Waals surface area contributed by atoms with Gasteiger partial charge in [0, 0.05) is 13.0 Å². The van der Waals surface area contributed by atoms with Crippen LogP contribution in [0.1, 0.15) is 47.5 Å². The van der Waals surface area contributed by atoms with E-state index >= 15 is 0 Å². The van der Waals surface area contributed by atoms with E-state index in [9.17, 15) is 13.2 Å². The number of likely N-dealkylation sites (tertiary alicyclic amines) is 1. The van der Waals surface area contributed by atoms with Gasteiger partial charge in [0.15, 0.2) is 13.3 Å². The molecule has 1 aromatic carbocycles. The number of carbonyl (C=O) groups excluding carboxylic acids is 1. The van der Waals surface area contributed by atoms with E-state index in [2.05, 4.69) is 15.5 Å². The molecule has 10 nitrogen and oxygen atoms in total. The number of tetrazole rings is 1. The minimum Gasteiger partial charge on any atom is -0.449 e. The van der Waals surface area contributed by atoms with Gasteiger partial charge in [0.25, 0.3) is 5.16 Å². The summed E-state index contributed by atoms with van der Waals surface area (Å²) in [4.78, 5) is 12.5. The van der Waals surface area contributed by atoms with Gasteiger partial charge in [-0.2, -0.15) is 4.68 Å². The van der Waals surface area contributed by atoms with Gasteiger partial charge in [0.2, 0.25) is 9.84 Å². The van der Waals surface area contributed by atoms with Gasteiger partial charge in [-0.05, 0) is 54.0 Å². The highest BCUT2D eigenvalue weighted by atomic mass is 32.2. The Balaban J connectivity index is 2.14. The Bertz CT molecular complexity index is 1120. The van der Waals surface area contributed by atoms with Crippen LogP contribution in [0, 0.1) is 0 Å². The lowest BCUT2D eigenvalue weighted by Crippen LogP contribution is -2.59. The Morgan fingerprint density at radius 3 is 2.47 bits per heavy atom. The molecule has 2 aromatic rings. The third-order valence-electron chi connectivity index (χ3n) is 6.84. The summed E-state index contributed by atoms with van der Waals surface area (Å²) >= 11 is 0. The summed E-state index contributed by atoms with van der Waals surface area (Å²) in [7, 11) is -6.90. The first-order chi connectivity index (χ1) is 15.8. The predicted molar refractivity (Wildman–Crippen MR) is 130 cm³/mol. The Morgan fingerprint density at radius 1 is 1.24 bits per heavy atom. The topological polar surface area (TPSA) is 117 Å². The maximum Gasteiger partial charge on any atom is 0.410 e. The van der Waals surface area contributed by atoms with E-state index in [0.717, 1.165) is 0 Å². The highest BCUT2D eigenvalue weighted by Gasteiger charge is 2.62. The Kier molecular flexibility index (Phi) is 7.26. The summed E-state index contributed by atoms with van der Waals surface area (Å²) in [5, 5.41) is 10.9. The number of sulfone groups is 1. The first-order valence-corrected chi connectivity index (χ1v) is 15.9. The maximum atomic E-state index is 14.4. The zero-order chi connectivity index (χ0) is 25.4. The molecule has 2 heterocycles. The quantitative estimate of drug-likeness (QED) is 0.518. The minimum absolute atomic E-state index is 0.0892. The maximum absolute atomic E-state index is 14.4. The number of aromatic nitrogens is 4. The van der Waals surface area contributed by atoms with Crippen LogP contribution in [0.25, 0.3) is 5.69 Å². The molecule has 1 aliphatic heterocycles. The van der Waals surface area contributed by atoms with Crippen molar-refractivity contribution in [1.29, 1.82) is 0 Å². The molecule has 2 atom stereocenters. The smallest absolute Gasteiger partial charge is 0.410 e. The molecular weight excluding hydrogens is 474 g/mol. The van der Waals surface area contributed by atoms with Crippen LogP contribution in [-0.2, 0) is 19.0 Å². The van der Waals surface area contributed by atoms with Crippen LogP contribution < -0.4 is 0 Å². The van der Waals surface area contributed by atoms with Gasteiger partial charge in [-0.25, -0.2) is 13.2 Å². The van der Waals surface area contributed by atoms with Gasteiger partial charge in [-0.15, -0.1) is 0 Å². The van der Waals surface area contributed by atoms with E-state index in [1.807, 2.05) is 46.9 Å². The summed E-state index contributed by atoms with van der Waals surface area (Å²) in [6.45, 7) is 14.2. The van der Waals surface area contributed by atoms with Crippen molar-refractivity contribution in [3.8, 4) is 5.69 Å². The molecular formula is C22H35N5O5SSi. The highest BCUT2D eigenvalue weighted by Crippen LogP contribution is 2.47. The van der Waals surface area contributed by atoms with Crippen LogP contribution >= 0.6 is 0 Å². The zero-order valence-corrected chi connectivity index (χ0v) is 22.8. The third kappa shape index (κ3) is 4.50. The number of para-hydroxylation sites is 1. The van der Waals surface area contributed by atoms with Crippen molar-refractivity contribution >= 4 is 24.2 Å². The fourth-order valence-electron chi connectivity index (χ4n) is 3.81. The summed E-state index contributed by atoms with van der Waals surface area (Å²) < 4.78 is 42.0. The lowest BCUT2D eigenvalue weighted by molar-refractivity contribution is 0.0688. The van der Waals surface area contributed by atoms with E-state index < -0.39 is 35.2 Å². The molecule has 2 unspecified atom stereocenters. The van der Waals surface area contributed by atoms with Crippen LogP contribution in [0.15, 0.2) is 35.5 Å². The molecule has 1 aliphatic rings. The number of carbonyl (C=O) groups is 1. The molecule has 0 spiro atoms. The second-order valence-electron chi connectivity index (χ2n) is 10.1. The van der Waals surface area contributed by atoms with Crippen LogP contribution in [0.2, 0.25) is 18.1 Å². The molecule has 34 heavy (non-hydrogen) atoms. The number of ether oxygens (including phenoxy) is 1. The van der Waals surface area contributed by atoms with Crippen molar-refractivity contribution in [3.63, 3.8) is 0 Å². The SMILES string of the molecule is CCCOC(=O)N1CCC(O[Si](C)(C)C(C)(C)C)(S(=O)(=O)c2nnnn2-c2ccccc2)C1C. The summed E-state index contributed by atoms with van der Waals surface area (Å²) in [6, 6.07) is 8.02. The van der Waals surface area contributed by atoms with Crippen LogP contribution in [0.5, 0.6) is 0 Å². The second kappa shape index (κ2) is 9.38. The average Bonchev–Trinajstić information content (AvgIpc) is 3.38. The lowest BCUT2D eigenvalue weighted by Gasteiger charge is -2.45.